The van der Waals surface area contributed by atoms with E-state index in [9.17, 15) is 9.18 Å². The molecule has 5 heteroatoms. The summed E-state index contributed by atoms with van der Waals surface area (Å²) < 4.78 is 18.1. The molecular weight excluding hydrogens is 257 g/mol. The van der Waals surface area contributed by atoms with E-state index in [0.717, 1.165) is 12.8 Å². The van der Waals surface area contributed by atoms with E-state index in [1.54, 1.807) is 4.90 Å². The molecule has 1 aliphatic heterocycles. The summed E-state index contributed by atoms with van der Waals surface area (Å²) >= 11 is 6.05. The summed E-state index contributed by atoms with van der Waals surface area (Å²) in [5.74, 6) is -0.512. The highest BCUT2D eigenvalue weighted by molar-refractivity contribution is 6.21. The number of piperidine rings is 1. The Hall–Kier alpha value is -1.29. The summed E-state index contributed by atoms with van der Waals surface area (Å²) in [6.07, 6.45) is 1.83. The molecule has 1 saturated heterocycles. The fraction of sp³-hybridized carbons (Fsp3) is 0.462. The van der Waals surface area contributed by atoms with E-state index in [1.165, 1.54) is 25.3 Å². The van der Waals surface area contributed by atoms with Crippen LogP contribution in [0, 0.1) is 5.82 Å². The third-order valence-corrected chi connectivity index (χ3v) is 3.41. The van der Waals surface area contributed by atoms with Crippen molar-refractivity contribution in [3.63, 3.8) is 0 Å². The van der Waals surface area contributed by atoms with Crippen LogP contribution in [0.15, 0.2) is 18.2 Å². The number of carbonyl (C=O) groups is 1. The average molecular weight is 272 g/mol. The van der Waals surface area contributed by atoms with Gasteiger partial charge in [0, 0.05) is 18.7 Å². The van der Waals surface area contributed by atoms with Gasteiger partial charge in [-0.1, -0.05) is 0 Å². The molecule has 2 rings (SSSR count). The Morgan fingerprint density at radius 1 is 1.56 bits per heavy atom. The highest BCUT2D eigenvalue weighted by Gasteiger charge is 2.23. The number of nitrogens with zero attached hydrogens (tertiary/aromatic N) is 1. The largest absolute Gasteiger partial charge is 0.494 e. The number of hydrogen-bond acceptors (Lipinski definition) is 2. The summed E-state index contributed by atoms with van der Waals surface area (Å²) in [5, 5.41) is 0.00467. The number of hydrogen-bond donors (Lipinski definition) is 0. The Kier molecular flexibility index (Phi) is 4.07. The van der Waals surface area contributed by atoms with Crippen LogP contribution in [0.5, 0.6) is 5.75 Å². The summed E-state index contributed by atoms with van der Waals surface area (Å²) in [7, 11) is 1.38. The SMILES string of the molecule is COc1cc(C(=O)N2CCCC(Cl)C2)ccc1F. The van der Waals surface area contributed by atoms with Gasteiger partial charge in [-0.25, -0.2) is 4.39 Å². The maximum Gasteiger partial charge on any atom is 0.254 e. The topological polar surface area (TPSA) is 29.5 Å². The first-order valence-electron chi connectivity index (χ1n) is 5.88. The van der Waals surface area contributed by atoms with Crippen molar-refractivity contribution in [1.82, 2.24) is 4.90 Å². The zero-order chi connectivity index (χ0) is 13.1. The quantitative estimate of drug-likeness (QED) is 0.774. The van der Waals surface area contributed by atoms with Crippen LogP contribution in [0.4, 0.5) is 4.39 Å². The van der Waals surface area contributed by atoms with Crippen molar-refractivity contribution in [1.29, 1.82) is 0 Å². The lowest BCUT2D eigenvalue weighted by Gasteiger charge is -2.29. The van der Waals surface area contributed by atoms with Crippen LogP contribution in [0.3, 0.4) is 0 Å². The number of halogens is 2. The molecule has 1 aromatic rings. The van der Waals surface area contributed by atoms with Crippen LogP contribution in [-0.2, 0) is 0 Å². The number of amides is 1. The van der Waals surface area contributed by atoms with Crippen LogP contribution in [0.2, 0.25) is 0 Å². The molecule has 0 aliphatic carbocycles. The molecule has 98 valence electrons. The third-order valence-electron chi connectivity index (χ3n) is 3.05. The van der Waals surface area contributed by atoms with Crippen molar-refractivity contribution in [3.8, 4) is 5.75 Å². The Balaban J connectivity index is 2.17. The third kappa shape index (κ3) is 2.75. The molecule has 1 aliphatic rings. The minimum atomic E-state index is -0.470. The molecule has 0 aromatic heterocycles. The first-order valence-corrected chi connectivity index (χ1v) is 6.32. The summed E-state index contributed by atoms with van der Waals surface area (Å²) in [6.45, 7) is 1.24. The predicted octanol–water partition coefficient (Wildman–Crippen LogP) is 2.68. The summed E-state index contributed by atoms with van der Waals surface area (Å²) in [6, 6.07) is 4.14. The van der Waals surface area contributed by atoms with Crippen molar-refractivity contribution in [3.05, 3.63) is 29.6 Å². The van der Waals surface area contributed by atoms with E-state index in [2.05, 4.69) is 0 Å². The zero-order valence-corrected chi connectivity index (χ0v) is 10.9. The average Bonchev–Trinajstić information content (AvgIpc) is 2.38. The maximum atomic E-state index is 13.3. The van der Waals surface area contributed by atoms with Gasteiger partial charge in [0.2, 0.25) is 0 Å². The van der Waals surface area contributed by atoms with Crippen molar-refractivity contribution in [2.75, 3.05) is 20.2 Å². The monoisotopic (exact) mass is 271 g/mol. The number of alkyl halides is 1. The molecule has 0 radical (unpaired) electrons. The number of carbonyl (C=O) groups excluding carboxylic acids is 1. The molecule has 1 aromatic carbocycles. The van der Waals surface area contributed by atoms with E-state index < -0.39 is 5.82 Å². The second-order valence-electron chi connectivity index (χ2n) is 4.34. The minimum Gasteiger partial charge on any atom is -0.494 e. The number of benzene rings is 1. The summed E-state index contributed by atoms with van der Waals surface area (Å²) in [4.78, 5) is 13.9. The van der Waals surface area contributed by atoms with Gasteiger partial charge in [-0.05, 0) is 31.0 Å². The van der Waals surface area contributed by atoms with Gasteiger partial charge in [-0.15, -0.1) is 11.6 Å². The molecule has 3 nitrogen and oxygen atoms in total. The van der Waals surface area contributed by atoms with Gasteiger partial charge in [-0.2, -0.15) is 0 Å². The maximum absolute atomic E-state index is 13.3. The first-order chi connectivity index (χ1) is 8.61. The van der Waals surface area contributed by atoms with E-state index >= 15 is 0 Å². The minimum absolute atomic E-state index is 0.00467. The molecule has 0 bridgehead atoms. The van der Waals surface area contributed by atoms with E-state index in [0.29, 0.717) is 18.7 Å². The molecule has 0 N–H and O–H groups in total. The van der Waals surface area contributed by atoms with Gasteiger partial charge < -0.3 is 9.64 Å². The predicted molar refractivity (Wildman–Crippen MR) is 67.7 cm³/mol. The molecule has 1 fully saturated rings. The van der Waals surface area contributed by atoms with Crippen molar-refractivity contribution in [2.24, 2.45) is 0 Å². The normalized spacial score (nSPS) is 19.7. The lowest BCUT2D eigenvalue weighted by molar-refractivity contribution is 0.0726. The second kappa shape index (κ2) is 5.57. The fourth-order valence-electron chi connectivity index (χ4n) is 2.09. The van der Waals surface area contributed by atoms with E-state index in [4.69, 9.17) is 16.3 Å². The molecule has 1 unspecified atom stereocenters. The van der Waals surface area contributed by atoms with Crippen LogP contribution in [0.25, 0.3) is 0 Å². The second-order valence-corrected chi connectivity index (χ2v) is 4.96. The van der Waals surface area contributed by atoms with Gasteiger partial charge in [0.25, 0.3) is 5.91 Å². The Labute approximate surface area is 110 Å². The number of methoxy groups -OCH3 is 1. The lowest BCUT2D eigenvalue weighted by Crippen LogP contribution is -2.40. The molecule has 18 heavy (non-hydrogen) atoms. The molecule has 0 spiro atoms. The van der Waals surface area contributed by atoms with Crippen molar-refractivity contribution in [2.45, 2.75) is 18.2 Å². The van der Waals surface area contributed by atoms with Crippen molar-refractivity contribution < 1.29 is 13.9 Å². The van der Waals surface area contributed by atoms with E-state index in [-0.39, 0.29) is 17.0 Å². The number of ether oxygens (including phenoxy) is 1. The van der Waals surface area contributed by atoms with Gasteiger partial charge in [0.1, 0.15) is 0 Å². The standard InChI is InChI=1S/C13H15ClFNO2/c1-18-12-7-9(4-5-11(12)15)13(17)16-6-2-3-10(14)8-16/h4-5,7,10H,2-3,6,8H2,1H3. The zero-order valence-electron chi connectivity index (χ0n) is 10.2. The van der Waals surface area contributed by atoms with Gasteiger partial charge in [0.15, 0.2) is 11.6 Å². The fourth-order valence-corrected chi connectivity index (χ4v) is 2.41. The first kappa shape index (κ1) is 13.1. The van der Waals surface area contributed by atoms with E-state index in [1.807, 2.05) is 0 Å². The molecule has 1 amide bonds. The van der Waals surface area contributed by atoms with Crippen LogP contribution in [0.1, 0.15) is 23.2 Å². The van der Waals surface area contributed by atoms with Crippen molar-refractivity contribution >= 4 is 17.5 Å². The highest BCUT2D eigenvalue weighted by atomic mass is 35.5. The number of rotatable bonds is 2. The Morgan fingerprint density at radius 2 is 2.33 bits per heavy atom. The summed E-state index contributed by atoms with van der Waals surface area (Å²) in [5.41, 5.74) is 0.430. The molecule has 0 saturated carbocycles. The van der Waals surface area contributed by atoms with Gasteiger partial charge >= 0.3 is 0 Å². The molecule has 1 heterocycles. The van der Waals surface area contributed by atoms with Gasteiger partial charge in [-0.3, -0.25) is 4.79 Å². The van der Waals surface area contributed by atoms with Crippen LogP contribution < -0.4 is 4.74 Å². The van der Waals surface area contributed by atoms with Crippen LogP contribution in [-0.4, -0.2) is 36.4 Å². The Morgan fingerprint density at radius 3 is 3.00 bits per heavy atom. The smallest absolute Gasteiger partial charge is 0.254 e. The van der Waals surface area contributed by atoms with Gasteiger partial charge in [0.05, 0.1) is 12.5 Å². The highest BCUT2D eigenvalue weighted by Crippen LogP contribution is 2.22. The Bertz CT molecular complexity index is 453. The molecule has 1 atom stereocenters. The number of likely N-dealkylation sites (tertiary alicyclic amines) is 1. The lowest BCUT2D eigenvalue weighted by atomic mass is 10.1. The molecular formula is C13H15ClFNO2. The van der Waals surface area contributed by atoms with Crippen LogP contribution >= 0.6 is 11.6 Å².